The van der Waals surface area contributed by atoms with Crippen LogP contribution in [-0.2, 0) is 14.3 Å². The molecule has 1 aromatic heterocycles. The van der Waals surface area contributed by atoms with Crippen molar-refractivity contribution in [2.24, 2.45) is 5.92 Å². The maximum absolute atomic E-state index is 12.9. The maximum Gasteiger partial charge on any atom is 0.271 e. The fourth-order valence-corrected chi connectivity index (χ4v) is 3.71. The lowest BCUT2D eigenvalue weighted by Gasteiger charge is -2.36. The number of ether oxygens (including phenoxy) is 1. The first-order valence-electron chi connectivity index (χ1n) is 9.23. The van der Waals surface area contributed by atoms with Gasteiger partial charge in [-0.05, 0) is 25.7 Å². The van der Waals surface area contributed by atoms with Crippen LogP contribution in [0.15, 0.2) is 18.6 Å². The van der Waals surface area contributed by atoms with Crippen molar-refractivity contribution in [3.63, 3.8) is 0 Å². The van der Waals surface area contributed by atoms with Gasteiger partial charge in [0.1, 0.15) is 5.69 Å². The van der Waals surface area contributed by atoms with Crippen LogP contribution in [0.4, 0.5) is 0 Å². The summed E-state index contributed by atoms with van der Waals surface area (Å²) in [5.41, 5.74) is 0.227. The summed E-state index contributed by atoms with van der Waals surface area (Å²) >= 11 is 0. The first-order valence-corrected chi connectivity index (χ1v) is 9.23. The van der Waals surface area contributed by atoms with Gasteiger partial charge >= 0.3 is 0 Å². The number of nitrogens with one attached hydrogen (secondary N) is 2. The Balaban J connectivity index is 1.66. The number of methoxy groups -OCH3 is 1. The largest absolute Gasteiger partial charge is 0.379 e. The van der Waals surface area contributed by atoms with Gasteiger partial charge in [-0.2, -0.15) is 0 Å². The van der Waals surface area contributed by atoms with Gasteiger partial charge in [0.2, 0.25) is 11.8 Å². The minimum absolute atomic E-state index is 0.0274. The molecule has 1 aliphatic carbocycles. The van der Waals surface area contributed by atoms with Gasteiger partial charge in [-0.3, -0.25) is 19.4 Å². The predicted octanol–water partition coefficient (Wildman–Crippen LogP) is -0.261. The van der Waals surface area contributed by atoms with Crippen molar-refractivity contribution in [1.82, 2.24) is 25.5 Å². The fraction of sp³-hybridized carbons (Fsp3) is 0.611. The van der Waals surface area contributed by atoms with E-state index < -0.39 is 0 Å². The lowest BCUT2D eigenvalue weighted by atomic mass is 9.82. The molecule has 1 saturated carbocycles. The van der Waals surface area contributed by atoms with Crippen LogP contribution in [0.1, 0.15) is 36.2 Å². The highest BCUT2D eigenvalue weighted by molar-refractivity contribution is 5.92. The van der Waals surface area contributed by atoms with E-state index in [4.69, 9.17) is 4.74 Å². The summed E-state index contributed by atoms with van der Waals surface area (Å²) in [7, 11) is 1.60. The van der Waals surface area contributed by atoms with Crippen LogP contribution in [0.2, 0.25) is 0 Å². The highest BCUT2D eigenvalue weighted by Gasteiger charge is 2.37. The summed E-state index contributed by atoms with van der Waals surface area (Å²) in [6, 6.07) is -0.298. The summed E-state index contributed by atoms with van der Waals surface area (Å²) in [6.45, 7) is 1.26. The molecule has 3 atom stereocenters. The molecule has 9 nitrogen and oxygen atoms in total. The van der Waals surface area contributed by atoms with Crippen molar-refractivity contribution >= 4 is 17.7 Å². The SMILES string of the molecule is CO[C@@H]1CC[C@H](C(=O)N2CCCNC(=O)C2)C[C@H]1NC(=O)c1cnccn1. The minimum Gasteiger partial charge on any atom is -0.379 e. The van der Waals surface area contributed by atoms with Gasteiger partial charge in [0, 0.05) is 38.5 Å². The molecule has 0 radical (unpaired) electrons. The third kappa shape index (κ3) is 4.79. The van der Waals surface area contributed by atoms with E-state index in [1.165, 1.54) is 18.6 Å². The summed E-state index contributed by atoms with van der Waals surface area (Å²) in [5.74, 6) is -0.730. The topological polar surface area (TPSA) is 114 Å². The molecule has 1 saturated heterocycles. The van der Waals surface area contributed by atoms with Gasteiger partial charge in [0.05, 0.1) is 24.9 Å². The van der Waals surface area contributed by atoms with Crippen LogP contribution in [0.3, 0.4) is 0 Å². The average Bonchev–Trinajstić information content (AvgIpc) is 2.92. The van der Waals surface area contributed by atoms with E-state index in [2.05, 4.69) is 20.6 Å². The third-order valence-electron chi connectivity index (χ3n) is 5.12. The minimum atomic E-state index is -0.336. The van der Waals surface area contributed by atoms with E-state index in [0.717, 1.165) is 6.42 Å². The van der Waals surface area contributed by atoms with E-state index in [0.29, 0.717) is 32.4 Å². The number of amides is 3. The number of aromatic nitrogens is 2. The van der Waals surface area contributed by atoms with Crippen LogP contribution < -0.4 is 10.6 Å². The molecule has 3 rings (SSSR count). The fourth-order valence-electron chi connectivity index (χ4n) is 3.71. The van der Waals surface area contributed by atoms with E-state index in [-0.39, 0.29) is 48.0 Å². The molecule has 0 aromatic carbocycles. The van der Waals surface area contributed by atoms with Crippen LogP contribution in [-0.4, -0.2) is 71.5 Å². The van der Waals surface area contributed by atoms with Crippen LogP contribution >= 0.6 is 0 Å². The van der Waals surface area contributed by atoms with Gasteiger partial charge in [-0.1, -0.05) is 0 Å². The molecule has 1 aliphatic heterocycles. The number of nitrogens with zero attached hydrogens (tertiary/aromatic N) is 3. The van der Waals surface area contributed by atoms with Crippen molar-refractivity contribution in [3.8, 4) is 0 Å². The first kappa shape index (κ1) is 19.2. The molecule has 1 aromatic rings. The zero-order valence-corrected chi connectivity index (χ0v) is 15.4. The maximum atomic E-state index is 12.9. The summed E-state index contributed by atoms with van der Waals surface area (Å²) in [5, 5.41) is 5.71. The van der Waals surface area contributed by atoms with E-state index >= 15 is 0 Å². The number of carbonyl (C=O) groups is 3. The molecule has 0 bridgehead atoms. The molecule has 0 spiro atoms. The standard InChI is InChI=1S/C18H25N5O4/c1-27-15-4-3-12(18(26)23-8-2-5-21-16(24)11-23)9-13(15)22-17(25)14-10-19-6-7-20-14/h6-7,10,12-13,15H,2-5,8-9,11H2,1H3,(H,21,24)(H,22,25)/t12-,13+,15+/m0/s1. The molecule has 2 N–H and O–H groups in total. The van der Waals surface area contributed by atoms with Crippen molar-refractivity contribution in [1.29, 1.82) is 0 Å². The van der Waals surface area contributed by atoms with Gasteiger partial charge in [-0.25, -0.2) is 4.98 Å². The molecular formula is C18H25N5O4. The Hall–Kier alpha value is -2.55. The van der Waals surface area contributed by atoms with Crippen LogP contribution in [0, 0.1) is 5.92 Å². The Morgan fingerprint density at radius 1 is 1.33 bits per heavy atom. The number of carbonyl (C=O) groups excluding carboxylic acids is 3. The Kier molecular flexibility index (Phi) is 6.33. The highest BCUT2D eigenvalue weighted by atomic mass is 16.5. The average molecular weight is 375 g/mol. The van der Waals surface area contributed by atoms with Gasteiger partial charge in [0.25, 0.3) is 5.91 Å². The summed E-state index contributed by atoms with van der Waals surface area (Å²) in [6.07, 6.45) is 6.76. The zero-order valence-electron chi connectivity index (χ0n) is 15.4. The summed E-state index contributed by atoms with van der Waals surface area (Å²) < 4.78 is 5.51. The number of hydrogen-bond acceptors (Lipinski definition) is 6. The van der Waals surface area contributed by atoms with Gasteiger partial charge < -0.3 is 20.3 Å². The molecule has 27 heavy (non-hydrogen) atoms. The monoisotopic (exact) mass is 375 g/mol. The Morgan fingerprint density at radius 3 is 2.93 bits per heavy atom. The smallest absolute Gasteiger partial charge is 0.271 e. The predicted molar refractivity (Wildman–Crippen MR) is 95.6 cm³/mol. The Morgan fingerprint density at radius 2 is 2.19 bits per heavy atom. The van der Waals surface area contributed by atoms with Crippen LogP contribution in [0.5, 0.6) is 0 Å². The first-order chi connectivity index (χ1) is 13.1. The lowest BCUT2D eigenvalue weighted by Crippen LogP contribution is -2.51. The second-order valence-electron chi connectivity index (χ2n) is 6.92. The van der Waals surface area contributed by atoms with Crippen molar-refractivity contribution in [2.45, 2.75) is 37.8 Å². The Bertz CT molecular complexity index is 684. The van der Waals surface area contributed by atoms with Crippen molar-refractivity contribution < 1.29 is 19.1 Å². The molecule has 2 heterocycles. The molecule has 9 heteroatoms. The molecule has 3 amide bonds. The number of hydrogen-bond donors (Lipinski definition) is 2. The molecule has 2 aliphatic rings. The molecular weight excluding hydrogens is 350 g/mol. The second-order valence-corrected chi connectivity index (χ2v) is 6.92. The molecule has 146 valence electrons. The Labute approximate surface area is 157 Å². The molecule has 2 fully saturated rings. The second kappa shape index (κ2) is 8.90. The quantitative estimate of drug-likeness (QED) is 0.750. The summed E-state index contributed by atoms with van der Waals surface area (Å²) in [4.78, 5) is 46.6. The van der Waals surface area contributed by atoms with Gasteiger partial charge in [0.15, 0.2) is 0 Å². The van der Waals surface area contributed by atoms with Gasteiger partial charge in [-0.15, -0.1) is 0 Å². The number of rotatable bonds is 4. The van der Waals surface area contributed by atoms with E-state index in [1.807, 2.05) is 0 Å². The van der Waals surface area contributed by atoms with Crippen LogP contribution in [0.25, 0.3) is 0 Å². The van der Waals surface area contributed by atoms with Crippen molar-refractivity contribution in [2.75, 3.05) is 26.7 Å². The molecule has 0 unspecified atom stereocenters. The zero-order chi connectivity index (χ0) is 19.2. The lowest BCUT2D eigenvalue weighted by molar-refractivity contribution is -0.140. The third-order valence-corrected chi connectivity index (χ3v) is 5.12. The highest BCUT2D eigenvalue weighted by Crippen LogP contribution is 2.28. The van der Waals surface area contributed by atoms with E-state index in [1.54, 1.807) is 12.0 Å². The normalized spacial score (nSPS) is 26.0. The van der Waals surface area contributed by atoms with Crippen molar-refractivity contribution in [3.05, 3.63) is 24.3 Å². The van der Waals surface area contributed by atoms with E-state index in [9.17, 15) is 14.4 Å².